The summed E-state index contributed by atoms with van der Waals surface area (Å²) in [5.74, 6) is 0. The smallest absolute Gasteiger partial charge is 0.378 e. The van der Waals surface area contributed by atoms with Gasteiger partial charge in [0.1, 0.15) is 12.5 Å². The molecule has 0 N–H and O–H groups in total. The van der Waals surface area contributed by atoms with Crippen LogP contribution in [0.3, 0.4) is 0 Å². The fourth-order valence-corrected chi connectivity index (χ4v) is 1.34. The highest BCUT2D eigenvalue weighted by Gasteiger charge is 1.99. The van der Waals surface area contributed by atoms with Crippen LogP contribution in [0.4, 0.5) is 0 Å². The number of hydrogen-bond acceptors (Lipinski definition) is 3. The molecule has 1 heterocycles. The van der Waals surface area contributed by atoms with Crippen molar-refractivity contribution < 1.29 is 12.6 Å². The van der Waals surface area contributed by atoms with Crippen molar-refractivity contribution in [1.29, 1.82) is 0 Å². The average Bonchev–Trinajstić information content (AvgIpc) is 2.29. The van der Waals surface area contributed by atoms with E-state index in [1.165, 1.54) is 12.5 Å². The van der Waals surface area contributed by atoms with Crippen molar-refractivity contribution in [3.8, 4) is 0 Å². The van der Waals surface area contributed by atoms with Crippen molar-refractivity contribution in [2.75, 3.05) is 0 Å². The highest BCUT2D eigenvalue weighted by Crippen LogP contribution is 1.92. The van der Waals surface area contributed by atoms with Gasteiger partial charge in [0.05, 0.1) is 0 Å². The predicted molar refractivity (Wildman–Crippen MR) is 51.7 cm³/mol. The van der Waals surface area contributed by atoms with E-state index in [4.69, 9.17) is 8.37 Å². The molecular formula is C9H10O3S. The molecule has 1 aliphatic rings. The van der Waals surface area contributed by atoms with Crippen LogP contribution in [0.1, 0.15) is 7.43 Å². The first-order valence-electron chi connectivity index (χ1n) is 3.38. The fourth-order valence-electron chi connectivity index (χ4n) is 0.930. The van der Waals surface area contributed by atoms with Crippen molar-refractivity contribution in [2.24, 2.45) is 0 Å². The SMILES string of the molecule is C.O=S1OC=c2ccccc2=CO1. The number of hydrogen-bond donors (Lipinski definition) is 0. The molecule has 0 spiro atoms. The molecule has 13 heavy (non-hydrogen) atoms. The summed E-state index contributed by atoms with van der Waals surface area (Å²) in [5, 5.41) is 1.73. The Morgan fingerprint density at radius 3 is 1.92 bits per heavy atom. The van der Waals surface area contributed by atoms with Gasteiger partial charge in [0.15, 0.2) is 0 Å². The average molecular weight is 198 g/mol. The van der Waals surface area contributed by atoms with Crippen LogP contribution in [0.2, 0.25) is 0 Å². The van der Waals surface area contributed by atoms with Crippen molar-refractivity contribution in [3.63, 3.8) is 0 Å². The first-order valence-corrected chi connectivity index (χ1v) is 4.38. The number of benzene rings is 1. The highest BCUT2D eigenvalue weighted by atomic mass is 32.2. The van der Waals surface area contributed by atoms with Crippen molar-refractivity contribution >= 4 is 23.9 Å². The molecule has 1 aliphatic heterocycles. The first-order chi connectivity index (χ1) is 5.86. The third-order valence-corrected chi connectivity index (χ3v) is 2.01. The molecule has 2 rings (SSSR count). The van der Waals surface area contributed by atoms with Gasteiger partial charge in [0.25, 0.3) is 0 Å². The lowest BCUT2D eigenvalue weighted by atomic mass is 10.3. The van der Waals surface area contributed by atoms with E-state index in [-0.39, 0.29) is 7.43 Å². The van der Waals surface area contributed by atoms with E-state index in [0.717, 1.165) is 10.4 Å². The molecule has 0 amide bonds. The maximum absolute atomic E-state index is 10.8. The van der Waals surface area contributed by atoms with E-state index < -0.39 is 11.4 Å². The third kappa shape index (κ3) is 2.09. The number of fused-ring (bicyclic) bond motifs is 1. The van der Waals surface area contributed by atoms with Crippen LogP contribution in [0.25, 0.3) is 12.5 Å². The molecule has 0 radical (unpaired) electrons. The Hall–Kier alpha value is -1.29. The van der Waals surface area contributed by atoms with Crippen LogP contribution in [0, 0.1) is 0 Å². The lowest BCUT2D eigenvalue weighted by Gasteiger charge is -1.91. The topological polar surface area (TPSA) is 35.5 Å². The quantitative estimate of drug-likeness (QED) is 0.606. The Bertz CT molecular complexity index is 386. The zero-order valence-corrected chi connectivity index (χ0v) is 6.91. The second-order valence-electron chi connectivity index (χ2n) is 2.26. The van der Waals surface area contributed by atoms with E-state index in [1.807, 2.05) is 24.3 Å². The van der Waals surface area contributed by atoms with Gasteiger partial charge in [-0.3, -0.25) is 0 Å². The van der Waals surface area contributed by atoms with E-state index in [2.05, 4.69) is 0 Å². The molecule has 70 valence electrons. The van der Waals surface area contributed by atoms with Crippen molar-refractivity contribution in [2.45, 2.75) is 7.43 Å². The largest absolute Gasteiger partial charge is 0.416 e. The van der Waals surface area contributed by atoms with Crippen LogP contribution >= 0.6 is 0 Å². The van der Waals surface area contributed by atoms with Crippen LogP contribution in [0.5, 0.6) is 0 Å². The maximum atomic E-state index is 10.8. The van der Waals surface area contributed by atoms with E-state index in [1.54, 1.807) is 0 Å². The molecule has 0 saturated heterocycles. The molecule has 1 aromatic carbocycles. The Labute approximate surface area is 79.2 Å². The molecule has 0 bridgehead atoms. The summed E-state index contributed by atoms with van der Waals surface area (Å²) in [6, 6.07) is 7.47. The molecule has 0 unspecified atom stereocenters. The summed E-state index contributed by atoms with van der Waals surface area (Å²) in [4.78, 5) is 0. The summed E-state index contributed by atoms with van der Waals surface area (Å²) in [7, 11) is 0. The minimum atomic E-state index is -1.69. The standard InChI is InChI=1S/C8H6O3S.CH4/c9-12-10-5-7-3-1-2-4-8(7)6-11-12;/h1-6H;1H4. The molecule has 0 aliphatic carbocycles. The Kier molecular flexibility index (Phi) is 3.08. The zero-order chi connectivity index (χ0) is 8.39. The van der Waals surface area contributed by atoms with Crippen LogP contribution in [0.15, 0.2) is 24.3 Å². The van der Waals surface area contributed by atoms with Gasteiger partial charge in [-0.2, -0.15) is 4.21 Å². The molecule has 0 aromatic heterocycles. The molecule has 3 nitrogen and oxygen atoms in total. The predicted octanol–water partition coefficient (Wildman–Crippen LogP) is 0.424. The van der Waals surface area contributed by atoms with E-state index in [9.17, 15) is 4.21 Å². The fraction of sp³-hybridized carbons (Fsp3) is 0.111. The van der Waals surface area contributed by atoms with Crippen molar-refractivity contribution in [3.05, 3.63) is 34.7 Å². The van der Waals surface area contributed by atoms with Gasteiger partial charge >= 0.3 is 11.4 Å². The highest BCUT2D eigenvalue weighted by molar-refractivity contribution is 7.75. The van der Waals surface area contributed by atoms with Gasteiger partial charge in [0, 0.05) is 10.4 Å². The minimum absolute atomic E-state index is 0. The summed E-state index contributed by atoms with van der Waals surface area (Å²) in [6.07, 6.45) is 2.85. The van der Waals surface area contributed by atoms with Crippen LogP contribution in [-0.4, -0.2) is 4.21 Å². The van der Waals surface area contributed by atoms with Gasteiger partial charge in [-0.15, -0.1) is 0 Å². The van der Waals surface area contributed by atoms with E-state index >= 15 is 0 Å². The molecule has 0 atom stereocenters. The third-order valence-electron chi connectivity index (χ3n) is 1.50. The second-order valence-corrected chi connectivity index (χ2v) is 3.05. The van der Waals surface area contributed by atoms with Gasteiger partial charge < -0.3 is 8.37 Å². The summed E-state index contributed by atoms with van der Waals surface area (Å²) in [6.45, 7) is 0. The maximum Gasteiger partial charge on any atom is 0.416 e. The second kappa shape index (κ2) is 4.09. The molecule has 1 aromatic rings. The zero-order valence-electron chi connectivity index (χ0n) is 6.10. The normalized spacial score (nSPS) is 14.5. The lowest BCUT2D eigenvalue weighted by Crippen LogP contribution is -2.22. The molecule has 0 fully saturated rings. The van der Waals surface area contributed by atoms with Crippen LogP contribution < -0.4 is 10.4 Å². The van der Waals surface area contributed by atoms with Gasteiger partial charge in [-0.1, -0.05) is 31.7 Å². The summed E-state index contributed by atoms with van der Waals surface area (Å²) < 4.78 is 20.2. The Morgan fingerprint density at radius 1 is 1.00 bits per heavy atom. The monoisotopic (exact) mass is 198 g/mol. The Morgan fingerprint density at radius 2 is 1.46 bits per heavy atom. The van der Waals surface area contributed by atoms with Gasteiger partial charge in [-0.05, 0) is 0 Å². The van der Waals surface area contributed by atoms with E-state index in [0.29, 0.717) is 0 Å². The molecule has 0 saturated carbocycles. The van der Waals surface area contributed by atoms with Gasteiger partial charge in [0.2, 0.25) is 0 Å². The van der Waals surface area contributed by atoms with Gasteiger partial charge in [-0.25, -0.2) is 0 Å². The minimum Gasteiger partial charge on any atom is -0.378 e. The Balaban J connectivity index is 0.000000845. The van der Waals surface area contributed by atoms with Crippen LogP contribution in [-0.2, 0) is 19.7 Å². The molecule has 4 heteroatoms. The van der Waals surface area contributed by atoms with Crippen molar-refractivity contribution in [1.82, 2.24) is 0 Å². The number of rotatable bonds is 0. The first kappa shape index (κ1) is 9.80. The summed E-state index contributed by atoms with van der Waals surface area (Å²) in [5.41, 5.74) is 0. The summed E-state index contributed by atoms with van der Waals surface area (Å²) >= 11 is -1.69. The lowest BCUT2D eigenvalue weighted by molar-refractivity contribution is 0.447. The molecular weight excluding hydrogens is 188 g/mol.